The molecular weight excluding hydrogens is 1030 g/mol. The molecule has 0 radical (unpaired) electrons. The number of hydrogen-bond donors (Lipinski definition) is 4. The molecule has 6 aromatic rings. The number of nitrogens with zero attached hydrogens (tertiary/aromatic N) is 9. The van der Waals surface area contributed by atoms with Gasteiger partial charge in [0.05, 0.1) is 51.8 Å². The zero-order valence-electron chi connectivity index (χ0n) is 46.0. The van der Waals surface area contributed by atoms with Crippen LogP contribution in [-0.2, 0) is 14.3 Å². The van der Waals surface area contributed by atoms with Gasteiger partial charge < -0.3 is 54.7 Å². The number of benzene rings is 2. The van der Waals surface area contributed by atoms with Gasteiger partial charge in [0.1, 0.15) is 30.4 Å². The van der Waals surface area contributed by atoms with E-state index >= 15 is 0 Å². The summed E-state index contributed by atoms with van der Waals surface area (Å²) in [6.07, 6.45) is 7.67. The summed E-state index contributed by atoms with van der Waals surface area (Å²) in [5.41, 5.74) is 14.4. The van der Waals surface area contributed by atoms with Crippen LogP contribution < -0.4 is 30.3 Å². The van der Waals surface area contributed by atoms with Gasteiger partial charge in [-0.1, -0.05) is 50.2 Å². The minimum Gasteiger partial charge on any atom is -0.507 e. The molecule has 2 saturated carbocycles. The molecule has 0 spiro atoms. The summed E-state index contributed by atoms with van der Waals surface area (Å²) in [5.74, 6) is 2.14. The lowest BCUT2D eigenvalue weighted by Gasteiger charge is -2.37. The zero-order valence-corrected chi connectivity index (χ0v) is 46.8. The maximum absolute atomic E-state index is 14.3. The number of thiazole rings is 1. The number of aliphatic hydroxyl groups excluding tert-OH is 1. The number of hydrogen-bond acceptors (Lipinski definition) is 18. The molecule has 2 bridgehead atoms. The smallest absolute Gasteiger partial charge is 0.254 e. The minimum absolute atomic E-state index is 0.0578. The Bertz CT molecular complexity index is 3140. The normalized spacial score (nSPS) is 26.3. The van der Waals surface area contributed by atoms with Gasteiger partial charge >= 0.3 is 0 Å². The van der Waals surface area contributed by atoms with Gasteiger partial charge in [-0.25, -0.2) is 9.97 Å². The van der Waals surface area contributed by atoms with Gasteiger partial charge in [0.2, 0.25) is 17.7 Å². The van der Waals surface area contributed by atoms with Crippen LogP contribution in [0.5, 0.6) is 17.5 Å². The standard InChI is InChI=1S/C60H73N11O8S/c1-34(2)56(60(75)71-32-44(72)23-51(71)59(74)64-35(3)38-9-11-39(12-10-38)57-36(4)63-33-80-57)53-27-55(67-79-53)76-18-17-68-29-40-20-45(21-41(40)30-68)77-46-24-47(25-46)78-54-22-42(13-15-62-54)70-28-37-14-16-69(31-43(70)19-37)50-26-49(65-66-58(50)61)48-7-5-6-8-52(48)73/h5-13,15,22,26-27,33-35,37,40-41,43-47,51,56,72-73H,14,16-21,23-25,28-32H2,1-4H3,(H2,61,66)(H,64,74)/t35-,37?,40+,41?,43?,44+,45?,46?,47?,51-,56+/m0/s1. The van der Waals surface area contributed by atoms with Crippen LogP contribution in [-0.4, -0.2) is 146 Å². The Morgan fingerprint density at radius 1 is 0.875 bits per heavy atom. The fraction of sp³-hybridized carbons (Fsp3) is 0.517. The summed E-state index contributed by atoms with van der Waals surface area (Å²) in [7, 11) is 0. The van der Waals surface area contributed by atoms with E-state index in [1.165, 1.54) is 4.90 Å². The van der Waals surface area contributed by atoms with E-state index in [-0.39, 0.29) is 66.8 Å². The van der Waals surface area contributed by atoms with Crippen molar-refractivity contribution in [3.63, 3.8) is 0 Å². The lowest BCUT2D eigenvalue weighted by atomic mass is 9.91. The topological polar surface area (TPSA) is 231 Å². The highest BCUT2D eigenvalue weighted by Gasteiger charge is 2.46. The summed E-state index contributed by atoms with van der Waals surface area (Å²) in [5, 5.41) is 37.2. The van der Waals surface area contributed by atoms with Crippen LogP contribution >= 0.6 is 11.3 Å². The molecule has 19 nitrogen and oxygen atoms in total. The first kappa shape index (κ1) is 53.8. The average Bonchev–Trinajstić information content (AvgIpc) is 4.34. The van der Waals surface area contributed by atoms with Crippen molar-refractivity contribution in [3.05, 3.63) is 102 Å². The van der Waals surface area contributed by atoms with E-state index in [1.54, 1.807) is 29.5 Å². The van der Waals surface area contributed by atoms with Crippen LogP contribution in [0.2, 0.25) is 0 Å². The molecule has 422 valence electrons. The second-order valence-corrected chi connectivity index (χ2v) is 24.4. The van der Waals surface area contributed by atoms with Crippen LogP contribution in [0.25, 0.3) is 21.7 Å². The lowest BCUT2D eigenvalue weighted by Crippen LogP contribution is -2.48. The number of nitrogen functional groups attached to an aromatic ring is 1. The molecule has 4 aromatic heterocycles. The Kier molecular flexibility index (Phi) is 15.4. The van der Waals surface area contributed by atoms with Crippen molar-refractivity contribution in [3.8, 4) is 39.2 Å². The fourth-order valence-corrected chi connectivity index (χ4v) is 14.2. The number of para-hydroxylation sites is 1. The molecule has 4 unspecified atom stereocenters. The Morgan fingerprint density at radius 2 is 1.66 bits per heavy atom. The quantitative estimate of drug-likeness (QED) is 0.0648. The van der Waals surface area contributed by atoms with E-state index < -0.39 is 18.1 Å². The number of β-amino-alcohol motifs (C(OH)–C–C–N with tert-alkyl or cyclic N) is 1. The van der Waals surface area contributed by atoms with Gasteiger partial charge in [0, 0.05) is 101 Å². The molecule has 80 heavy (non-hydrogen) atoms. The monoisotopic (exact) mass is 1110 g/mol. The predicted octanol–water partition coefficient (Wildman–Crippen LogP) is 7.65. The highest BCUT2D eigenvalue weighted by molar-refractivity contribution is 7.13. The predicted molar refractivity (Wildman–Crippen MR) is 303 cm³/mol. The zero-order chi connectivity index (χ0) is 55.2. The molecule has 6 aliphatic rings. The lowest BCUT2D eigenvalue weighted by molar-refractivity contribution is -0.141. The van der Waals surface area contributed by atoms with Crippen molar-refractivity contribution in [2.24, 2.45) is 23.7 Å². The molecule has 8 heterocycles. The SMILES string of the molecule is Cc1ncsc1-c1ccc([C@H](C)NC(=O)[C@@H]2C[C@@H](O)CN2C(=O)[C@@H](c2cc(OCCN3CC4CC(OC5CC(Oc6cc(N7CC8CCN(c9cc(-c%10ccccc%10O)nnc9N)CC7C8)ccn6)C5)C[C@@H]4C3)no2)C(C)C)cc1. The number of ether oxygens (including phenoxy) is 3. The summed E-state index contributed by atoms with van der Waals surface area (Å²) >= 11 is 1.59. The maximum Gasteiger partial charge on any atom is 0.254 e. The van der Waals surface area contributed by atoms with Crippen LogP contribution in [0.1, 0.15) is 94.7 Å². The molecule has 2 aliphatic carbocycles. The van der Waals surface area contributed by atoms with E-state index in [2.05, 4.69) is 57.5 Å². The van der Waals surface area contributed by atoms with Gasteiger partial charge in [-0.3, -0.25) is 14.5 Å². The summed E-state index contributed by atoms with van der Waals surface area (Å²) < 4.78 is 25.0. The largest absolute Gasteiger partial charge is 0.507 e. The fourth-order valence-electron chi connectivity index (χ4n) is 13.4. The molecule has 12 rings (SSSR count). The van der Waals surface area contributed by atoms with Crippen LogP contribution in [0.4, 0.5) is 17.2 Å². The molecule has 4 aliphatic heterocycles. The van der Waals surface area contributed by atoms with Crippen molar-refractivity contribution in [1.82, 2.24) is 40.4 Å². The van der Waals surface area contributed by atoms with E-state index in [9.17, 15) is 19.8 Å². The molecule has 20 heteroatoms. The number of aromatic hydroxyl groups is 1. The number of phenolic OH excluding ortho intramolecular Hbond substituents is 1. The first-order chi connectivity index (χ1) is 38.8. The number of anilines is 3. The Hall–Kier alpha value is -6.87. The number of pyridine rings is 1. The first-order valence-corrected chi connectivity index (χ1v) is 29.5. The minimum atomic E-state index is -0.825. The number of rotatable bonds is 18. The molecule has 5 N–H and O–H groups in total. The number of nitrogens with two attached hydrogens (primary N) is 1. The number of aliphatic hydroxyl groups is 1. The third-order valence-electron chi connectivity index (χ3n) is 17.7. The van der Waals surface area contributed by atoms with Crippen molar-refractivity contribution < 1.29 is 38.5 Å². The Labute approximate surface area is 470 Å². The van der Waals surface area contributed by atoms with E-state index in [0.717, 1.165) is 111 Å². The summed E-state index contributed by atoms with van der Waals surface area (Å²) in [6.45, 7) is 13.7. The number of carbonyl (C=O) groups is 2. The number of fused-ring (bicyclic) bond motifs is 3. The molecular formula is C60H73N11O8S. The molecule has 6 fully saturated rings. The average molecular weight is 1110 g/mol. The van der Waals surface area contributed by atoms with E-state index in [4.69, 9.17) is 24.5 Å². The third kappa shape index (κ3) is 11.4. The molecule has 2 aromatic carbocycles. The second-order valence-electron chi connectivity index (χ2n) is 23.5. The summed E-state index contributed by atoms with van der Waals surface area (Å²) in [4.78, 5) is 46.9. The number of carbonyl (C=O) groups excluding carboxylic acids is 2. The summed E-state index contributed by atoms with van der Waals surface area (Å²) in [6, 6.07) is 22.2. The van der Waals surface area contributed by atoms with Crippen molar-refractivity contribution >= 4 is 40.3 Å². The van der Waals surface area contributed by atoms with Crippen LogP contribution in [0.15, 0.2) is 89.0 Å². The van der Waals surface area contributed by atoms with E-state index in [0.29, 0.717) is 59.0 Å². The van der Waals surface area contributed by atoms with Gasteiger partial charge in [-0.15, -0.1) is 21.5 Å². The van der Waals surface area contributed by atoms with Crippen LogP contribution in [0, 0.1) is 30.6 Å². The van der Waals surface area contributed by atoms with Crippen molar-refractivity contribution in [2.45, 2.75) is 121 Å². The van der Waals surface area contributed by atoms with Crippen molar-refractivity contribution in [1.29, 1.82) is 0 Å². The first-order valence-electron chi connectivity index (χ1n) is 28.6. The number of aryl methyl sites for hydroxylation is 1. The second kappa shape index (κ2) is 22.9. The van der Waals surface area contributed by atoms with Gasteiger partial charge in [-0.05, 0) is 104 Å². The highest BCUT2D eigenvalue weighted by Crippen LogP contribution is 2.43. The third-order valence-corrected chi connectivity index (χ3v) is 18.6. The van der Waals surface area contributed by atoms with Crippen LogP contribution in [0.3, 0.4) is 0 Å². The maximum atomic E-state index is 14.3. The number of nitrogens with one attached hydrogen (secondary N) is 1. The number of aromatic nitrogens is 5. The van der Waals surface area contributed by atoms with Gasteiger partial charge in [-0.2, -0.15) is 0 Å². The van der Waals surface area contributed by atoms with Gasteiger partial charge in [0.15, 0.2) is 11.6 Å². The number of likely N-dealkylation sites (tertiary alicyclic amines) is 2. The Balaban J connectivity index is 0.569. The molecule has 4 saturated heterocycles. The van der Waals surface area contributed by atoms with Crippen molar-refractivity contribution in [2.75, 3.05) is 68.0 Å². The van der Waals surface area contributed by atoms with E-state index in [1.807, 2.05) is 81.9 Å². The Morgan fingerprint density at radius 3 is 2.42 bits per heavy atom. The molecule has 2 amide bonds. The number of phenols is 1. The molecule has 9 atom stereocenters. The van der Waals surface area contributed by atoms with Gasteiger partial charge in [0.25, 0.3) is 5.88 Å². The number of amides is 2. The highest BCUT2D eigenvalue weighted by atomic mass is 32.1.